The Morgan fingerprint density at radius 3 is 2.81 bits per heavy atom. The zero-order valence-electron chi connectivity index (χ0n) is 12.0. The minimum absolute atomic E-state index is 0.0171. The number of nitrogens with zero attached hydrogens (tertiary/aromatic N) is 1. The normalized spacial score (nSPS) is 26.7. The van der Waals surface area contributed by atoms with Crippen molar-refractivity contribution < 1.29 is 9.59 Å². The standard InChI is InChI=1S/C16H21N3O2/c17-15(11-4-2-1-3-5-11)16(21)19-9-8-13-12(10-19)6-7-14(20)18-13/h1-5,12-13,15H,6-10,17H2,(H,18,20)/t12?,13?,15-/m0/s1. The molecule has 0 spiro atoms. The summed E-state index contributed by atoms with van der Waals surface area (Å²) >= 11 is 0. The number of nitrogens with two attached hydrogens (primary N) is 1. The number of likely N-dealkylation sites (tertiary alicyclic amines) is 1. The maximum atomic E-state index is 12.6. The topological polar surface area (TPSA) is 75.4 Å². The highest BCUT2D eigenvalue weighted by Gasteiger charge is 2.36. The van der Waals surface area contributed by atoms with Gasteiger partial charge in [-0.1, -0.05) is 30.3 Å². The van der Waals surface area contributed by atoms with Gasteiger partial charge < -0.3 is 16.0 Å². The summed E-state index contributed by atoms with van der Waals surface area (Å²) < 4.78 is 0. The van der Waals surface area contributed by atoms with Gasteiger partial charge in [-0.05, 0) is 24.3 Å². The third-order valence-corrected chi connectivity index (χ3v) is 4.56. The predicted molar refractivity (Wildman–Crippen MR) is 79.2 cm³/mol. The van der Waals surface area contributed by atoms with Crippen molar-refractivity contribution in [3.05, 3.63) is 35.9 Å². The highest BCUT2D eigenvalue weighted by molar-refractivity contribution is 5.83. The number of hydrogen-bond donors (Lipinski definition) is 2. The molecule has 0 aromatic heterocycles. The summed E-state index contributed by atoms with van der Waals surface area (Å²) in [5, 5.41) is 3.03. The maximum Gasteiger partial charge on any atom is 0.244 e. The average Bonchev–Trinajstić information content (AvgIpc) is 2.53. The first kappa shape index (κ1) is 14.1. The molecule has 0 saturated carbocycles. The Hall–Kier alpha value is -1.88. The number of carbonyl (C=O) groups is 2. The van der Waals surface area contributed by atoms with Gasteiger partial charge in [0.25, 0.3) is 0 Å². The van der Waals surface area contributed by atoms with Gasteiger partial charge in [0.1, 0.15) is 6.04 Å². The minimum Gasteiger partial charge on any atom is -0.353 e. The Bertz CT molecular complexity index is 532. The second kappa shape index (κ2) is 5.85. The van der Waals surface area contributed by atoms with Crippen molar-refractivity contribution in [2.24, 2.45) is 11.7 Å². The van der Waals surface area contributed by atoms with E-state index in [1.807, 2.05) is 35.2 Å². The Labute approximate surface area is 124 Å². The van der Waals surface area contributed by atoms with E-state index in [1.165, 1.54) is 0 Å². The molecule has 0 bridgehead atoms. The molecule has 5 nitrogen and oxygen atoms in total. The van der Waals surface area contributed by atoms with Gasteiger partial charge in [-0.25, -0.2) is 0 Å². The second-order valence-corrected chi connectivity index (χ2v) is 5.93. The van der Waals surface area contributed by atoms with Crippen LogP contribution in [-0.4, -0.2) is 35.8 Å². The smallest absolute Gasteiger partial charge is 0.244 e. The van der Waals surface area contributed by atoms with E-state index >= 15 is 0 Å². The van der Waals surface area contributed by atoms with Crippen LogP contribution in [0.15, 0.2) is 30.3 Å². The van der Waals surface area contributed by atoms with Gasteiger partial charge in [-0.2, -0.15) is 0 Å². The predicted octanol–water partition coefficient (Wildman–Crippen LogP) is 0.814. The molecule has 3 rings (SSSR count). The van der Waals surface area contributed by atoms with Crippen LogP contribution < -0.4 is 11.1 Å². The first-order valence-electron chi connectivity index (χ1n) is 7.54. The second-order valence-electron chi connectivity index (χ2n) is 5.93. The lowest BCUT2D eigenvalue weighted by Crippen LogP contribution is -2.56. The first-order valence-corrected chi connectivity index (χ1v) is 7.54. The minimum atomic E-state index is -0.596. The van der Waals surface area contributed by atoms with E-state index in [2.05, 4.69) is 5.32 Å². The zero-order chi connectivity index (χ0) is 14.8. The van der Waals surface area contributed by atoms with Crippen LogP contribution in [-0.2, 0) is 9.59 Å². The van der Waals surface area contributed by atoms with Crippen LogP contribution in [0.25, 0.3) is 0 Å². The molecule has 21 heavy (non-hydrogen) atoms. The van der Waals surface area contributed by atoms with Crippen molar-refractivity contribution in [2.45, 2.75) is 31.3 Å². The lowest BCUT2D eigenvalue weighted by molar-refractivity contribution is -0.136. The molecule has 1 aromatic carbocycles. The molecule has 3 N–H and O–H groups in total. The first-order chi connectivity index (χ1) is 10.1. The number of carbonyl (C=O) groups excluding carboxylic acids is 2. The molecule has 5 heteroatoms. The summed E-state index contributed by atoms with van der Waals surface area (Å²) in [6.45, 7) is 1.37. The molecule has 2 amide bonds. The fraction of sp³-hybridized carbons (Fsp3) is 0.500. The molecule has 2 aliphatic heterocycles. The van der Waals surface area contributed by atoms with E-state index in [9.17, 15) is 9.59 Å². The van der Waals surface area contributed by atoms with Crippen molar-refractivity contribution in [3.63, 3.8) is 0 Å². The molecule has 112 valence electrons. The summed E-state index contributed by atoms with van der Waals surface area (Å²) in [5.74, 6) is 0.483. The van der Waals surface area contributed by atoms with E-state index in [0.29, 0.717) is 25.4 Å². The van der Waals surface area contributed by atoms with Crippen LogP contribution in [0.4, 0.5) is 0 Å². The summed E-state index contributed by atoms with van der Waals surface area (Å²) in [7, 11) is 0. The lowest BCUT2D eigenvalue weighted by atomic mass is 9.85. The molecule has 2 heterocycles. The van der Waals surface area contributed by atoms with Crippen LogP contribution in [0.5, 0.6) is 0 Å². The van der Waals surface area contributed by atoms with Gasteiger partial charge >= 0.3 is 0 Å². The molecule has 0 radical (unpaired) electrons. The van der Waals surface area contributed by atoms with Crippen LogP contribution in [0.1, 0.15) is 30.9 Å². The lowest BCUT2D eigenvalue weighted by Gasteiger charge is -2.42. The van der Waals surface area contributed by atoms with Crippen molar-refractivity contribution in [3.8, 4) is 0 Å². The Balaban J connectivity index is 1.65. The Kier molecular flexibility index (Phi) is 3.92. The van der Waals surface area contributed by atoms with Crippen LogP contribution in [0.3, 0.4) is 0 Å². The molecule has 2 unspecified atom stereocenters. The van der Waals surface area contributed by atoms with Crippen molar-refractivity contribution in [2.75, 3.05) is 13.1 Å². The van der Waals surface area contributed by atoms with E-state index in [1.54, 1.807) is 0 Å². The van der Waals surface area contributed by atoms with Gasteiger partial charge in [-0.15, -0.1) is 0 Å². The Morgan fingerprint density at radius 1 is 1.29 bits per heavy atom. The molecule has 2 saturated heterocycles. The fourth-order valence-electron chi connectivity index (χ4n) is 3.31. The van der Waals surface area contributed by atoms with Crippen molar-refractivity contribution in [1.82, 2.24) is 10.2 Å². The number of hydrogen-bond acceptors (Lipinski definition) is 3. The monoisotopic (exact) mass is 287 g/mol. The number of piperidine rings is 2. The van der Waals surface area contributed by atoms with Crippen molar-refractivity contribution in [1.29, 1.82) is 0 Å². The number of nitrogens with one attached hydrogen (secondary N) is 1. The quantitative estimate of drug-likeness (QED) is 0.845. The van der Waals surface area contributed by atoms with Gasteiger partial charge in [0.05, 0.1) is 0 Å². The number of fused-ring (bicyclic) bond motifs is 1. The molecule has 1 aromatic rings. The van der Waals surface area contributed by atoms with Crippen LogP contribution >= 0.6 is 0 Å². The number of rotatable bonds is 2. The van der Waals surface area contributed by atoms with Gasteiger partial charge in [0.15, 0.2) is 0 Å². The number of amides is 2. The average molecular weight is 287 g/mol. The third-order valence-electron chi connectivity index (χ3n) is 4.56. The third kappa shape index (κ3) is 2.93. The van der Waals surface area contributed by atoms with Gasteiger partial charge in [0.2, 0.25) is 11.8 Å². The fourth-order valence-corrected chi connectivity index (χ4v) is 3.31. The molecule has 2 fully saturated rings. The summed E-state index contributed by atoms with van der Waals surface area (Å²) in [6, 6.07) is 9.10. The van der Waals surface area contributed by atoms with Crippen molar-refractivity contribution >= 4 is 11.8 Å². The summed E-state index contributed by atoms with van der Waals surface area (Å²) in [5.41, 5.74) is 6.95. The van der Waals surface area contributed by atoms with Gasteiger partial charge in [0, 0.05) is 25.6 Å². The summed E-state index contributed by atoms with van der Waals surface area (Å²) in [4.78, 5) is 25.8. The molecule has 2 aliphatic rings. The largest absolute Gasteiger partial charge is 0.353 e. The highest BCUT2D eigenvalue weighted by Crippen LogP contribution is 2.26. The zero-order valence-corrected chi connectivity index (χ0v) is 12.0. The van der Waals surface area contributed by atoms with Gasteiger partial charge in [-0.3, -0.25) is 9.59 Å². The highest BCUT2D eigenvalue weighted by atomic mass is 16.2. The summed E-state index contributed by atoms with van der Waals surface area (Å²) in [6.07, 6.45) is 2.25. The van der Waals surface area contributed by atoms with Crippen LogP contribution in [0.2, 0.25) is 0 Å². The van der Waals surface area contributed by atoms with E-state index in [4.69, 9.17) is 5.73 Å². The van der Waals surface area contributed by atoms with E-state index < -0.39 is 6.04 Å². The Morgan fingerprint density at radius 2 is 2.05 bits per heavy atom. The molecule has 0 aliphatic carbocycles. The number of benzene rings is 1. The van der Waals surface area contributed by atoms with E-state index in [0.717, 1.165) is 18.4 Å². The van der Waals surface area contributed by atoms with Crippen LogP contribution in [0, 0.1) is 5.92 Å². The van der Waals surface area contributed by atoms with E-state index in [-0.39, 0.29) is 17.9 Å². The maximum absolute atomic E-state index is 12.6. The molecular weight excluding hydrogens is 266 g/mol. The SMILES string of the molecule is N[C@H](C(=O)N1CCC2NC(=O)CCC2C1)c1ccccc1. The molecule has 3 atom stereocenters. The molecular formula is C16H21N3O2.